The summed E-state index contributed by atoms with van der Waals surface area (Å²) in [5, 5.41) is 0.722. The quantitative estimate of drug-likeness (QED) is 0.578. The minimum atomic E-state index is -0.0140. The summed E-state index contributed by atoms with van der Waals surface area (Å²) in [5.41, 5.74) is 6.45. The summed E-state index contributed by atoms with van der Waals surface area (Å²) < 4.78 is 0.998. The molecule has 1 unspecified atom stereocenters. The maximum Gasteiger partial charge on any atom is 0.0515 e. The van der Waals surface area contributed by atoms with Gasteiger partial charge >= 0.3 is 0 Å². The lowest BCUT2D eigenvalue weighted by atomic mass is 9.96. The zero-order chi connectivity index (χ0) is 15.4. The highest BCUT2D eigenvalue weighted by atomic mass is 79.9. The fraction of sp³-hybridized carbons (Fsp3) is 0.294. The molecule has 0 aromatic heterocycles. The largest absolute Gasteiger partial charge is 0.271 e. The van der Waals surface area contributed by atoms with Gasteiger partial charge in [-0.05, 0) is 47.2 Å². The number of rotatable bonds is 5. The van der Waals surface area contributed by atoms with Crippen LogP contribution < -0.4 is 11.3 Å². The van der Waals surface area contributed by atoms with Gasteiger partial charge in [0.2, 0.25) is 0 Å². The molecule has 0 aliphatic rings. The summed E-state index contributed by atoms with van der Waals surface area (Å²) in [7, 11) is 0. The first-order valence-electron chi connectivity index (χ1n) is 7.01. The molecule has 2 aromatic rings. The average Bonchev–Trinajstić information content (AvgIpc) is 2.48. The monoisotopic (exact) mass is 366 g/mol. The van der Waals surface area contributed by atoms with Crippen LogP contribution in [0.2, 0.25) is 5.02 Å². The molecule has 21 heavy (non-hydrogen) atoms. The summed E-state index contributed by atoms with van der Waals surface area (Å²) in [6.07, 6.45) is 0.797. The fourth-order valence-corrected chi connectivity index (χ4v) is 2.94. The van der Waals surface area contributed by atoms with E-state index >= 15 is 0 Å². The predicted octanol–water partition coefficient (Wildman–Crippen LogP) is 4.97. The first-order chi connectivity index (χ1) is 10.0. The maximum absolute atomic E-state index is 6.29. The number of nitrogens with one attached hydrogen (secondary N) is 1. The van der Waals surface area contributed by atoms with Crippen LogP contribution in [0.15, 0.2) is 46.9 Å². The Labute approximate surface area is 139 Å². The Bertz CT molecular complexity index is 596. The van der Waals surface area contributed by atoms with E-state index in [-0.39, 0.29) is 6.04 Å². The van der Waals surface area contributed by atoms with Crippen molar-refractivity contribution in [1.29, 1.82) is 0 Å². The summed E-state index contributed by atoms with van der Waals surface area (Å²) >= 11 is 9.76. The third kappa shape index (κ3) is 4.30. The van der Waals surface area contributed by atoms with E-state index in [1.807, 2.05) is 18.2 Å². The summed E-state index contributed by atoms with van der Waals surface area (Å²) in [4.78, 5) is 0. The van der Waals surface area contributed by atoms with Gasteiger partial charge in [0.15, 0.2) is 0 Å². The zero-order valence-corrected chi connectivity index (χ0v) is 14.6. The highest BCUT2D eigenvalue weighted by molar-refractivity contribution is 9.10. The highest BCUT2D eigenvalue weighted by Crippen LogP contribution is 2.28. The van der Waals surface area contributed by atoms with Crippen molar-refractivity contribution in [1.82, 2.24) is 5.43 Å². The van der Waals surface area contributed by atoms with Crippen LogP contribution in [0.1, 0.15) is 42.5 Å². The molecule has 0 spiro atoms. The van der Waals surface area contributed by atoms with Crippen molar-refractivity contribution in [2.24, 2.45) is 5.84 Å². The van der Waals surface area contributed by atoms with Crippen LogP contribution in [-0.4, -0.2) is 0 Å². The lowest BCUT2D eigenvalue weighted by molar-refractivity contribution is 0.552. The van der Waals surface area contributed by atoms with E-state index in [0.29, 0.717) is 5.92 Å². The van der Waals surface area contributed by atoms with E-state index in [9.17, 15) is 0 Å². The van der Waals surface area contributed by atoms with E-state index in [0.717, 1.165) is 21.5 Å². The molecule has 2 aromatic carbocycles. The van der Waals surface area contributed by atoms with Gasteiger partial charge in [-0.2, -0.15) is 0 Å². The van der Waals surface area contributed by atoms with Crippen molar-refractivity contribution < 1.29 is 0 Å². The molecule has 0 saturated heterocycles. The van der Waals surface area contributed by atoms with E-state index in [1.165, 1.54) is 11.1 Å². The van der Waals surface area contributed by atoms with Crippen LogP contribution in [-0.2, 0) is 6.42 Å². The van der Waals surface area contributed by atoms with Crippen molar-refractivity contribution >= 4 is 27.5 Å². The summed E-state index contributed by atoms with van der Waals surface area (Å²) in [6.45, 7) is 4.39. The lowest BCUT2D eigenvalue weighted by Crippen LogP contribution is -2.29. The van der Waals surface area contributed by atoms with Gasteiger partial charge in [0, 0.05) is 9.50 Å². The van der Waals surface area contributed by atoms with Crippen LogP contribution in [0, 0.1) is 0 Å². The topological polar surface area (TPSA) is 38.0 Å². The maximum atomic E-state index is 6.29. The molecule has 0 saturated carbocycles. The van der Waals surface area contributed by atoms with Crippen LogP contribution in [0.25, 0.3) is 0 Å². The fourth-order valence-electron chi connectivity index (χ4n) is 2.31. The van der Waals surface area contributed by atoms with Gasteiger partial charge in [-0.15, -0.1) is 0 Å². The molecule has 0 aliphatic carbocycles. The van der Waals surface area contributed by atoms with Crippen molar-refractivity contribution in [2.75, 3.05) is 0 Å². The van der Waals surface area contributed by atoms with Crippen molar-refractivity contribution in [2.45, 2.75) is 32.2 Å². The van der Waals surface area contributed by atoms with E-state index in [2.05, 4.69) is 59.5 Å². The Kier molecular flexibility index (Phi) is 5.82. The summed E-state index contributed by atoms with van der Waals surface area (Å²) in [5.74, 6) is 6.27. The van der Waals surface area contributed by atoms with Gasteiger partial charge in [-0.25, -0.2) is 0 Å². The molecule has 4 heteroatoms. The molecule has 2 nitrogen and oxygen atoms in total. The predicted molar refractivity (Wildman–Crippen MR) is 93.5 cm³/mol. The number of hydrogen-bond acceptors (Lipinski definition) is 2. The molecular formula is C17H20BrClN2. The standard InChI is InChI=1S/C17H20BrClN2/c1-11(2)13-5-3-12(4-6-13)9-17(21-20)15-10-14(18)7-8-16(15)19/h3-8,10-11,17,21H,9,20H2,1-2H3. The van der Waals surface area contributed by atoms with Crippen molar-refractivity contribution in [3.05, 3.63) is 68.7 Å². The van der Waals surface area contributed by atoms with Gasteiger partial charge < -0.3 is 0 Å². The molecule has 0 amide bonds. The average molecular weight is 368 g/mol. The normalized spacial score (nSPS) is 12.7. The second-order valence-electron chi connectivity index (χ2n) is 5.49. The van der Waals surface area contributed by atoms with Gasteiger partial charge in [0.05, 0.1) is 6.04 Å². The van der Waals surface area contributed by atoms with Crippen LogP contribution in [0.3, 0.4) is 0 Å². The molecule has 0 fully saturated rings. The number of benzene rings is 2. The molecule has 0 heterocycles. The summed E-state index contributed by atoms with van der Waals surface area (Å²) in [6, 6.07) is 14.5. The SMILES string of the molecule is CC(C)c1ccc(CC(NN)c2cc(Br)ccc2Cl)cc1. The van der Waals surface area contributed by atoms with Crippen molar-refractivity contribution in [3.8, 4) is 0 Å². The van der Waals surface area contributed by atoms with Gasteiger partial charge in [-0.1, -0.05) is 65.6 Å². The molecular weight excluding hydrogens is 348 g/mol. The second kappa shape index (κ2) is 7.41. The molecule has 1 atom stereocenters. The Morgan fingerprint density at radius 3 is 2.38 bits per heavy atom. The van der Waals surface area contributed by atoms with E-state index in [4.69, 9.17) is 17.4 Å². The van der Waals surface area contributed by atoms with Gasteiger partial charge in [0.25, 0.3) is 0 Å². The Morgan fingerprint density at radius 2 is 1.81 bits per heavy atom. The molecule has 2 rings (SSSR count). The number of hydrazine groups is 1. The van der Waals surface area contributed by atoms with Crippen molar-refractivity contribution in [3.63, 3.8) is 0 Å². The van der Waals surface area contributed by atoms with Gasteiger partial charge in [-0.3, -0.25) is 11.3 Å². The van der Waals surface area contributed by atoms with E-state index in [1.54, 1.807) is 0 Å². The Morgan fingerprint density at radius 1 is 1.14 bits per heavy atom. The minimum Gasteiger partial charge on any atom is -0.271 e. The Hall–Kier alpha value is -0.870. The number of halogens is 2. The Balaban J connectivity index is 2.20. The van der Waals surface area contributed by atoms with E-state index < -0.39 is 0 Å². The molecule has 0 aliphatic heterocycles. The second-order valence-corrected chi connectivity index (χ2v) is 6.81. The van der Waals surface area contributed by atoms with Gasteiger partial charge in [0.1, 0.15) is 0 Å². The molecule has 112 valence electrons. The minimum absolute atomic E-state index is 0.0140. The first-order valence-corrected chi connectivity index (χ1v) is 8.18. The number of hydrogen-bond donors (Lipinski definition) is 2. The zero-order valence-electron chi connectivity index (χ0n) is 12.2. The highest BCUT2D eigenvalue weighted by Gasteiger charge is 2.14. The third-order valence-electron chi connectivity index (χ3n) is 3.62. The third-order valence-corrected chi connectivity index (χ3v) is 4.46. The van der Waals surface area contributed by atoms with Crippen LogP contribution >= 0.6 is 27.5 Å². The smallest absolute Gasteiger partial charge is 0.0515 e. The lowest BCUT2D eigenvalue weighted by Gasteiger charge is -2.18. The first kappa shape index (κ1) is 16.5. The van der Waals surface area contributed by atoms with Crippen LogP contribution in [0.4, 0.5) is 0 Å². The molecule has 0 bridgehead atoms. The molecule has 3 N–H and O–H groups in total. The molecule has 0 radical (unpaired) electrons. The number of nitrogens with two attached hydrogens (primary N) is 1. The van der Waals surface area contributed by atoms with Crippen LogP contribution in [0.5, 0.6) is 0 Å².